The van der Waals surface area contributed by atoms with E-state index in [4.69, 9.17) is 5.11 Å². The van der Waals surface area contributed by atoms with Gasteiger partial charge < -0.3 is 10.4 Å². The first kappa shape index (κ1) is 16.1. The van der Waals surface area contributed by atoms with Crippen LogP contribution in [0.1, 0.15) is 52.7 Å². The number of hydrogen-bond acceptors (Lipinski definition) is 3. The van der Waals surface area contributed by atoms with Crippen LogP contribution in [0.4, 0.5) is 0 Å². The van der Waals surface area contributed by atoms with Gasteiger partial charge in [-0.3, -0.25) is 4.79 Å². The molecule has 4 heteroatoms. The zero-order valence-corrected chi connectivity index (χ0v) is 13.6. The van der Waals surface area contributed by atoms with Crippen LogP contribution in [0.2, 0.25) is 0 Å². The minimum absolute atomic E-state index is 0.00192. The minimum Gasteiger partial charge on any atom is -0.384 e. The van der Waals surface area contributed by atoms with E-state index < -0.39 is 0 Å². The van der Waals surface area contributed by atoms with Gasteiger partial charge in [-0.15, -0.1) is 11.3 Å². The fourth-order valence-corrected chi connectivity index (χ4v) is 3.81. The molecule has 1 aromatic heterocycles. The SMILES string of the molecule is Cc1cc(C(=O)NCC2CCCCC2C)sc1C#CCO. The Kier molecular flexibility index (Phi) is 5.84. The van der Waals surface area contributed by atoms with E-state index >= 15 is 0 Å². The van der Waals surface area contributed by atoms with Crippen LogP contribution in [0.25, 0.3) is 0 Å². The highest BCUT2D eigenvalue weighted by molar-refractivity contribution is 7.14. The van der Waals surface area contributed by atoms with Crippen molar-refractivity contribution in [2.24, 2.45) is 11.8 Å². The molecule has 1 fully saturated rings. The van der Waals surface area contributed by atoms with Gasteiger partial charge in [-0.2, -0.15) is 0 Å². The molecule has 0 aromatic carbocycles. The van der Waals surface area contributed by atoms with E-state index in [1.807, 2.05) is 13.0 Å². The van der Waals surface area contributed by atoms with Gasteiger partial charge >= 0.3 is 0 Å². The van der Waals surface area contributed by atoms with E-state index in [0.29, 0.717) is 16.7 Å². The molecular formula is C17H23NO2S. The van der Waals surface area contributed by atoms with Crippen LogP contribution < -0.4 is 5.32 Å². The first-order chi connectivity index (χ1) is 10.1. The van der Waals surface area contributed by atoms with Crippen LogP contribution in [0, 0.1) is 30.6 Å². The van der Waals surface area contributed by atoms with Crippen molar-refractivity contribution in [3.63, 3.8) is 0 Å². The van der Waals surface area contributed by atoms with Gasteiger partial charge in [-0.25, -0.2) is 0 Å². The standard InChI is InChI=1S/C17H23NO2S/c1-12-6-3-4-7-14(12)11-18-17(20)16-10-13(2)15(21-16)8-5-9-19/h10,12,14,19H,3-4,6-7,9,11H2,1-2H3,(H,18,20). The highest BCUT2D eigenvalue weighted by atomic mass is 32.1. The Morgan fingerprint density at radius 2 is 2.24 bits per heavy atom. The Bertz CT molecular complexity index is 553. The van der Waals surface area contributed by atoms with Crippen LogP contribution in [0.5, 0.6) is 0 Å². The molecule has 1 aliphatic carbocycles. The molecule has 1 aliphatic rings. The molecule has 1 aromatic rings. The van der Waals surface area contributed by atoms with E-state index in [1.54, 1.807) is 0 Å². The molecule has 3 nitrogen and oxygen atoms in total. The molecule has 2 rings (SSSR count). The number of carbonyl (C=O) groups is 1. The molecule has 114 valence electrons. The number of aliphatic hydroxyl groups is 1. The fourth-order valence-electron chi connectivity index (χ4n) is 2.85. The summed E-state index contributed by atoms with van der Waals surface area (Å²) in [6.07, 6.45) is 5.10. The summed E-state index contributed by atoms with van der Waals surface area (Å²) < 4.78 is 0. The molecule has 2 atom stereocenters. The Hall–Kier alpha value is -1.31. The molecule has 21 heavy (non-hydrogen) atoms. The first-order valence-electron chi connectivity index (χ1n) is 7.60. The quantitative estimate of drug-likeness (QED) is 0.844. The summed E-state index contributed by atoms with van der Waals surface area (Å²) in [6, 6.07) is 1.88. The number of hydrogen-bond donors (Lipinski definition) is 2. The van der Waals surface area contributed by atoms with Crippen molar-refractivity contribution in [3.05, 3.63) is 21.4 Å². The fraction of sp³-hybridized carbons (Fsp3) is 0.588. The van der Waals surface area contributed by atoms with Gasteiger partial charge in [0.05, 0.1) is 9.75 Å². The Morgan fingerprint density at radius 1 is 1.48 bits per heavy atom. The smallest absolute Gasteiger partial charge is 0.261 e. The van der Waals surface area contributed by atoms with Crippen molar-refractivity contribution >= 4 is 17.2 Å². The van der Waals surface area contributed by atoms with Crippen molar-refractivity contribution in [3.8, 4) is 11.8 Å². The molecule has 2 N–H and O–H groups in total. The van der Waals surface area contributed by atoms with Crippen LogP contribution in [0.15, 0.2) is 6.07 Å². The van der Waals surface area contributed by atoms with Gasteiger partial charge in [0.15, 0.2) is 0 Å². The zero-order valence-electron chi connectivity index (χ0n) is 12.7. The highest BCUT2D eigenvalue weighted by Gasteiger charge is 2.22. The summed E-state index contributed by atoms with van der Waals surface area (Å²) in [4.78, 5) is 13.8. The zero-order chi connectivity index (χ0) is 15.2. The average Bonchev–Trinajstić information content (AvgIpc) is 2.85. The normalized spacial score (nSPS) is 21.5. The molecule has 1 amide bonds. The van der Waals surface area contributed by atoms with E-state index in [-0.39, 0.29) is 12.5 Å². The van der Waals surface area contributed by atoms with Crippen LogP contribution in [-0.2, 0) is 0 Å². The number of carbonyl (C=O) groups excluding carboxylic acids is 1. The summed E-state index contributed by atoms with van der Waals surface area (Å²) in [6.45, 7) is 4.85. The van der Waals surface area contributed by atoms with Crippen molar-refractivity contribution in [1.82, 2.24) is 5.32 Å². The number of rotatable bonds is 3. The van der Waals surface area contributed by atoms with Crippen molar-refractivity contribution in [1.29, 1.82) is 0 Å². The lowest BCUT2D eigenvalue weighted by atomic mass is 9.80. The molecule has 1 saturated carbocycles. The van der Waals surface area contributed by atoms with E-state index in [0.717, 1.165) is 17.0 Å². The third kappa shape index (κ3) is 4.33. The summed E-state index contributed by atoms with van der Waals surface area (Å²) >= 11 is 1.40. The van der Waals surface area contributed by atoms with Crippen molar-refractivity contribution < 1.29 is 9.90 Å². The minimum atomic E-state index is -0.154. The maximum Gasteiger partial charge on any atom is 0.261 e. The molecule has 1 heterocycles. The molecular weight excluding hydrogens is 282 g/mol. The van der Waals surface area contributed by atoms with Gasteiger partial charge in [0.25, 0.3) is 5.91 Å². The largest absolute Gasteiger partial charge is 0.384 e. The van der Waals surface area contributed by atoms with Crippen molar-refractivity contribution in [2.75, 3.05) is 13.2 Å². The van der Waals surface area contributed by atoms with Crippen LogP contribution in [-0.4, -0.2) is 24.2 Å². The number of nitrogens with one attached hydrogen (secondary N) is 1. The maximum atomic E-state index is 12.2. The second-order valence-corrected chi connectivity index (χ2v) is 6.87. The third-order valence-corrected chi connectivity index (χ3v) is 5.39. The van der Waals surface area contributed by atoms with E-state index in [9.17, 15) is 4.79 Å². The van der Waals surface area contributed by atoms with E-state index in [2.05, 4.69) is 24.1 Å². The third-order valence-electron chi connectivity index (χ3n) is 4.24. The molecule has 0 radical (unpaired) electrons. The van der Waals surface area contributed by atoms with Gasteiger partial charge in [-0.1, -0.05) is 38.0 Å². The average molecular weight is 305 g/mol. The molecule has 0 aliphatic heterocycles. The van der Waals surface area contributed by atoms with Crippen molar-refractivity contribution in [2.45, 2.75) is 39.5 Å². The number of aliphatic hydroxyl groups excluding tert-OH is 1. The second kappa shape index (κ2) is 7.63. The summed E-state index contributed by atoms with van der Waals surface area (Å²) in [5.74, 6) is 6.83. The lowest BCUT2D eigenvalue weighted by Gasteiger charge is -2.28. The molecule has 2 unspecified atom stereocenters. The predicted octanol–water partition coefficient (Wildman–Crippen LogP) is 2.96. The predicted molar refractivity (Wildman–Crippen MR) is 86.5 cm³/mol. The summed E-state index contributed by atoms with van der Waals surface area (Å²) in [7, 11) is 0. The van der Waals surface area contributed by atoms with Gasteiger partial charge in [0.1, 0.15) is 6.61 Å². The lowest BCUT2D eigenvalue weighted by Crippen LogP contribution is -2.33. The van der Waals surface area contributed by atoms with E-state index in [1.165, 1.54) is 37.0 Å². The molecule has 0 bridgehead atoms. The highest BCUT2D eigenvalue weighted by Crippen LogP contribution is 2.29. The number of aryl methyl sites for hydroxylation is 1. The van der Waals surface area contributed by atoms with Crippen LogP contribution >= 0.6 is 11.3 Å². The number of amides is 1. The summed E-state index contributed by atoms with van der Waals surface area (Å²) in [5.41, 5.74) is 0.997. The van der Waals surface area contributed by atoms with Gasteiger partial charge in [0.2, 0.25) is 0 Å². The number of thiophene rings is 1. The Labute approximate surface area is 130 Å². The van der Waals surface area contributed by atoms with Gasteiger partial charge in [-0.05, 0) is 36.8 Å². The van der Waals surface area contributed by atoms with Crippen LogP contribution in [0.3, 0.4) is 0 Å². The molecule has 0 saturated heterocycles. The monoisotopic (exact) mass is 305 g/mol. The van der Waals surface area contributed by atoms with Gasteiger partial charge in [0, 0.05) is 6.54 Å². The second-order valence-electron chi connectivity index (χ2n) is 5.81. The summed E-state index contributed by atoms with van der Waals surface area (Å²) in [5, 5.41) is 11.8. The molecule has 0 spiro atoms. The Balaban J connectivity index is 1.94. The maximum absolute atomic E-state index is 12.2. The Morgan fingerprint density at radius 3 is 2.95 bits per heavy atom. The first-order valence-corrected chi connectivity index (χ1v) is 8.41. The lowest BCUT2D eigenvalue weighted by molar-refractivity contribution is 0.0940. The topological polar surface area (TPSA) is 49.3 Å².